The molecule has 0 fully saturated rings. The maximum Gasteiger partial charge on any atom is 0.242 e. The number of carbonyl (C=O) groups is 1. The molecule has 1 aromatic rings. The van der Waals surface area contributed by atoms with Crippen LogP contribution in [0.2, 0.25) is 0 Å². The first-order valence-corrected chi connectivity index (χ1v) is 5.88. The fraction of sp³-hybridized carbons (Fsp3) is 0.300. The zero-order chi connectivity index (χ0) is 10.6. The van der Waals surface area contributed by atoms with E-state index in [1.165, 1.54) is 4.90 Å². The Morgan fingerprint density at radius 3 is 2.43 bits per heavy atom. The lowest BCUT2D eigenvalue weighted by molar-refractivity contribution is -0.115. The molecule has 0 radical (unpaired) electrons. The largest absolute Gasteiger partial charge is 0.325 e. The van der Waals surface area contributed by atoms with Gasteiger partial charge in [0.25, 0.3) is 0 Å². The van der Waals surface area contributed by atoms with E-state index in [9.17, 15) is 4.79 Å². The summed E-state index contributed by atoms with van der Waals surface area (Å²) in [5, 5.41) is 2.21. The molecular formula is C10H12ClNOS. The topological polar surface area (TPSA) is 29.1 Å². The third-order valence-corrected chi connectivity index (χ3v) is 2.66. The van der Waals surface area contributed by atoms with Crippen molar-refractivity contribution in [2.75, 3.05) is 11.6 Å². The molecule has 1 rings (SSSR count). The van der Waals surface area contributed by atoms with Gasteiger partial charge in [-0.25, -0.2) is 0 Å². The summed E-state index contributed by atoms with van der Waals surface area (Å²) in [4.78, 5) is 12.4. The number of benzene rings is 1. The number of hydrogen-bond acceptors (Lipinski definition) is 2. The smallest absolute Gasteiger partial charge is 0.242 e. The van der Waals surface area contributed by atoms with Gasteiger partial charge in [0.15, 0.2) is 0 Å². The van der Waals surface area contributed by atoms with Gasteiger partial charge in [-0.05, 0) is 37.4 Å². The molecular weight excluding hydrogens is 218 g/mol. The molecule has 0 saturated heterocycles. The van der Waals surface area contributed by atoms with Gasteiger partial charge in [0, 0.05) is 10.6 Å². The average molecular weight is 230 g/mol. The van der Waals surface area contributed by atoms with Crippen LogP contribution in [0.5, 0.6) is 0 Å². The number of thioether (sulfide) groups is 1. The van der Waals surface area contributed by atoms with Gasteiger partial charge < -0.3 is 5.32 Å². The number of nitrogens with one attached hydrogen (secondary N) is 1. The normalized spacial score (nSPS) is 12.2. The van der Waals surface area contributed by atoms with Crippen LogP contribution in [0.15, 0.2) is 29.2 Å². The summed E-state index contributed by atoms with van der Waals surface area (Å²) < 4.78 is 0. The van der Waals surface area contributed by atoms with E-state index in [-0.39, 0.29) is 5.91 Å². The van der Waals surface area contributed by atoms with E-state index in [4.69, 9.17) is 11.6 Å². The Kier molecular flexibility index (Phi) is 4.29. The molecule has 2 nitrogen and oxygen atoms in total. The molecule has 0 heterocycles. The van der Waals surface area contributed by atoms with Crippen LogP contribution in [-0.2, 0) is 4.79 Å². The van der Waals surface area contributed by atoms with Crippen molar-refractivity contribution in [2.24, 2.45) is 0 Å². The van der Waals surface area contributed by atoms with Crippen molar-refractivity contribution >= 4 is 35.0 Å². The van der Waals surface area contributed by atoms with Crippen LogP contribution in [0.1, 0.15) is 6.92 Å². The molecule has 0 aromatic heterocycles. The Bertz CT molecular complexity index is 310. The second kappa shape index (κ2) is 5.27. The number of hydrogen-bond donors (Lipinski definition) is 1. The molecule has 0 aliphatic heterocycles. The Labute approximate surface area is 93.0 Å². The fourth-order valence-corrected chi connectivity index (χ4v) is 1.38. The van der Waals surface area contributed by atoms with Gasteiger partial charge in [-0.1, -0.05) is 0 Å². The summed E-state index contributed by atoms with van der Waals surface area (Å²) in [5.74, 6) is -0.177. The van der Waals surface area contributed by atoms with Crippen LogP contribution in [0.3, 0.4) is 0 Å². The van der Waals surface area contributed by atoms with Gasteiger partial charge in [-0.2, -0.15) is 0 Å². The van der Waals surface area contributed by atoms with Crippen LogP contribution in [0.4, 0.5) is 5.69 Å². The predicted octanol–water partition coefficient (Wildman–Crippen LogP) is 2.97. The molecule has 1 amide bonds. The highest BCUT2D eigenvalue weighted by molar-refractivity contribution is 7.98. The van der Waals surface area contributed by atoms with E-state index in [0.717, 1.165) is 5.69 Å². The van der Waals surface area contributed by atoms with Gasteiger partial charge >= 0.3 is 0 Å². The molecule has 1 atom stereocenters. The highest BCUT2D eigenvalue weighted by atomic mass is 35.5. The molecule has 0 saturated carbocycles. The van der Waals surface area contributed by atoms with E-state index in [1.54, 1.807) is 18.7 Å². The number of amides is 1. The minimum absolute atomic E-state index is 0.177. The van der Waals surface area contributed by atoms with Crippen molar-refractivity contribution in [1.29, 1.82) is 0 Å². The number of carbonyl (C=O) groups excluding carboxylic acids is 1. The maximum atomic E-state index is 11.2. The molecule has 1 unspecified atom stereocenters. The maximum absolute atomic E-state index is 11.2. The van der Waals surface area contributed by atoms with Crippen LogP contribution in [0.25, 0.3) is 0 Å². The lowest BCUT2D eigenvalue weighted by atomic mass is 10.3. The number of halogens is 1. The minimum atomic E-state index is -0.504. The molecule has 0 bridgehead atoms. The van der Waals surface area contributed by atoms with Gasteiger partial charge in [-0.15, -0.1) is 23.4 Å². The van der Waals surface area contributed by atoms with Crippen molar-refractivity contribution in [2.45, 2.75) is 17.2 Å². The Hall–Kier alpha value is -0.670. The number of rotatable bonds is 3. The fourth-order valence-electron chi connectivity index (χ4n) is 0.916. The van der Waals surface area contributed by atoms with Crippen LogP contribution in [0, 0.1) is 0 Å². The third kappa shape index (κ3) is 3.24. The molecule has 1 aromatic carbocycles. The van der Waals surface area contributed by atoms with Gasteiger partial charge in [-0.3, -0.25) is 4.79 Å². The van der Waals surface area contributed by atoms with E-state index in [2.05, 4.69) is 5.32 Å². The van der Waals surface area contributed by atoms with Gasteiger partial charge in [0.1, 0.15) is 5.38 Å². The molecule has 1 N–H and O–H groups in total. The monoisotopic (exact) mass is 229 g/mol. The van der Waals surface area contributed by atoms with E-state index >= 15 is 0 Å². The van der Waals surface area contributed by atoms with Gasteiger partial charge in [0.2, 0.25) is 5.91 Å². The lowest BCUT2D eigenvalue weighted by Crippen LogP contribution is -2.20. The van der Waals surface area contributed by atoms with E-state index in [0.29, 0.717) is 0 Å². The van der Waals surface area contributed by atoms with Crippen LogP contribution < -0.4 is 5.32 Å². The SMILES string of the molecule is CSc1ccc(NC(=O)C(C)Cl)cc1. The standard InChI is InChI=1S/C10H12ClNOS/c1-7(11)10(13)12-8-3-5-9(14-2)6-4-8/h3-7H,1-2H3,(H,12,13). The predicted molar refractivity (Wildman–Crippen MR) is 62.2 cm³/mol. The van der Waals surface area contributed by atoms with E-state index in [1.807, 2.05) is 30.5 Å². The van der Waals surface area contributed by atoms with Crippen molar-refractivity contribution in [3.63, 3.8) is 0 Å². The summed E-state index contributed by atoms with van der Waals surface area (Å²) >= 11 is 7.28. The molecule has 0 aliphatic carbocycles. The first-order valence-electron chi connectivity index (χ1n) is 4.22. The minimum Gasteiger partial charge on any atom is -0.325 e. The third-order valence-electron chi connectivity index (χ3n) is 1.72. The number of alkyl halides is 1. The second-order valence-corrected chi connectivity index (χ2v) is 4.37. The summed E-state index contributed by atoms with van der Waals surface area (Å²) in [5.41, 5.74) is 0.778. The highest BCUT2D eigenvalue weighted by Gasteiger charge is 2.08. The molecule has 76 valence electrons. The summed E-state index contributed by atoms with van der Waals surface area (Å²) in [6, 6.07) is 7.64. The van der Waals surface area contributed by atoms with Crippen molar-refractivity contribution < 1.29 is 4.79 Å². The van der Waals surface area contributed by atoms with E-state index < -0.39 is 5.38 Å². The number of anilines is 1. The second-order valence-electron chi connectivity index (χ2n) is 2.83. The zero-order valence-electron chi connectivity index (χ0n) is 8.08. The zero-order valence-corrected chi connectivity index (χ0v) is 9.65. The summed E-state index contributed by atoms with van der Waals surface area (Å²) in [7, 11) is 0. The highest BCUT2D eigenvalue weighted by Crippen LogP contribution is 2.17. The molecule has 4 heteroatoms. The quantitative estimate of drug-likeness (QED) is 0.638. The molecule has 0 spiro atoms. The van der Waals surface area contributed by atoms with Crippen LogP contribution in [-0.4, -0.2) is 17.5 Å². The first-order chi connectivity index (χ1) is 6.63. The average Bonchev–Trinajstić information content (AvgIpc) is 2.19. The lowest BCUT2D eigenvalue weighted by Gasteiger charge is -2.06. The van der Waals surface area contributed by atoms with Crippen molar-refractivity contribution in [1.82, 2.24) is 0 Å². The van der Waals surface area contributed by atoms with Crippen LogP contribution >= 0.6 is 23.4 Å². The van der Waals surface area contributed by atoms with Crippen molar-refractivity contribution in [3.8, 4) is 0 Å². The van der Waals surface area contributed by atoms with Crippen molar-refractivity contribution in [3.05, 3.63) is 24.3 Å². The Morgan fingerprint density at radius 2 is 2.00 bits per heavy atom. The summed E-state index contributed by atoms with van der Waals surface area (Å²) in [6.45, 7) is 1.65. The Balaban J connectivity index is 2.64. The molecule has 0 aliphatic rings. The van der Waals surface area contributed by atoms with Gasteiger partial charge in [0.05, 0.1) is 0 Å². The summed E-state index contributed by atoms with van der Waals surface area (Å²) in [6.07, 6.45) is 2.01. The Morgan fingerprint density at radius 1 is 1.43 bits per heavy atom. The molecule has 14 heavy (non-hydrogen) atoms. The first kappa shape index (κ1) is 11.4.